The summed E-state index contributed by atoms with van der Waals surface area (Å²) < 4.78 is 1.66. The van der Waals surface area contributed by atoms with Crippen LogP contribution in [0.25, 0.3) is 5.69 Å². The van der Waals surface area contributed by atoms with Gasteiger partial charge in [0.05, 0.1) is 31.9 Å². The lowest BCUT2D eigenvalue weighted by Gasteiger charge is -2.32. The average molecular weight is 404 g/mol. The predicted molar refractivity (Wildman–Crippen MR) is 116 cm³/mol. The maximum Gasteiger partial charge on any atom is 0.278 e. The lowest BCUT2D eigenvalue weighted by atomic mass is 10.1. The van der Waals surface area contributed by atoms with Gasteiger partial charge in [-0.1, -0.05) is 42.5 Å². The third-order valence-electron chi connectivity index (χ3n) is 5.77. The maximum absolute atomic E-state index is 13.1. The van der Waals surface area contributed by atoms with Crippen molar-refractivity contribution in [2.45, 2.75) is 20.4 Å². The van der Waals surface area contributed by atoms with Crippen LogP contribution in [0.5, 0.6) is 0 Å². The molecule has 0 saturated carbocycles. The van der Waals surface area contributed by atoms with Gasteiger partial charge in [0.15, 0.2) is 5.69 Å². The van der Waals surface area contributed by atoms with Crippen LogP contribution in [0, 0.1) is 13.8 Å². The third kappa shape index (κ3) is 4.19. The molecule has 3 aromatic rings. The molecule has 1 aliphatic rings. The van der Waals surface area contributed by atoms with Crippen molar-refractivity contribution in [2.24, 2.45) is 0 Å². The number of benzene rings is 2. The molecule has 154 valence electrons. The highest BCUT2D eigenvalue weighted by Crippen LogP contribution is 2.09. The lowest BCUT2D eigenvalue weighted by Crippen LogP contribution is -3.13. The SMILES string of the molecule is Cc1ccccc1C[NH+]1CCN(C(=O)c2nn(-c3ccccc3)c(C)cc2=O)CC1. The molecule has 0 aliphatic carbocycles. The summed E-state index contributed by atoms with van der Waals surface area (Å²) in [5, 5.41) is 4.42. The number of piperazine rings is 1. The molecule has 30 heavy (non-hydrogen) atoms. The van der Waals surface area contributed by atoms with Crippen LogP contribution >= 0.6 is 0 Å². The summed E-state index contributed by atoms with van der Waals surface area (Å²) in [7, 11) is 0. The van der Waals surface area contributed by atoms with Gasteiger partial charge in [-0.05, 0) is 31.5 Å². The first kappa shape index (κ1) is 20.0. The smallest absolute Gasteiger partial charge is 0.278 e. The number of para-hydroxylation sites is 1. The van der Waals surface area contributed by atoms with Crippen LogP contribution in [0.2, 0.25) is 0 Å². The molecule has 1 N–H and O–H groups in total. The molecule has 1 saturated heterocycles. The molecule has 0 unspecified atom stereocenters. The molecule has 0 radical (unpaired) electrons. The molecule has 6 nitrogen and oxygen atoms in total. The number of carbonyl (C=O) groups excluding carboxylic acids is 1. The molecule has 0 spiro atoms. The van der Waals surface area contributed by atoms with E-state index >= 15 is 0 Å². The summed E-state index contributed by atoms with van der Waals surface area (Å²) in [4.78, 5) is 28.8. The fourth-order valence-electron chi connectivity index (χ4n) is 3.96. The van der Waals surface area contributed by atoms with Gasteiger partial charge in [0.2, 0.25) is 5.43 Å². The quantitative estimate of drug-likeness (QED) is 0.716. The van der Waals surface area contributed by atoms with E-state index in [-0.39, 0.29) is 17.0 Å². The van der Waals surface area contributed by atoms with Crippen LogP contribution in [-0.2, 0) is 6.54 Å². The molecule has 1 aromatic heterocycles. The maximum atomic E-state index is 13.1. The van der Waals surface area contributed by atoms with Crippen molar-refractivity contribution in [3.05, 3.63) is 93.4 Å². The van der Waals surface area contributed by atoms with Crippen molar-refractivity contribution in [2.75, 3.05) is 26.2 Å². The summed E-state index contributed by atoms with van der Waals surface area (Å²) in [6.45, 7) is 7.88. The van der Waals surface area contributed by atoms with Crippen LogP contribution in [0.4, 0.5) is 0 Å². The fourth-order valence-corrected chi connectivity index (χ4v) is 3.96. The minimum absolute atomic E-state index is 0.00759. The van der Waals surface area contributed by atoms with E-state index in [0.717, 1.165) is 25.3 Å². The second-order valence-electron chi connectivity index (χ2n) is 7.89. The van der Waals surface area contributed by atoms with Crippen molar-refractivity contribution in [1.29, 1.82) is 0 Å². The molecule has 4 rings (SSSR count). The number of nitrogens with one attached hydrogen (secondary N) is 1. The number of nitrogens with zero attached hydrogens (tertiary/aromatic N) is 3. The number of rotatable bonds is 4. The average Bonchev–Trinajstić information content (AvgIpc) is 2.76. The van der Waals surface area contributed by atoms with E-state index in [4.69, 9.17) is 0 Å². The Bertz CT molecular complexity index is 1100. The largest absolute Gasteiger partial charge is 0.328 e. The number of carbonyl (C=O) groups is 1. The van der Waals surface area contributed by atoms with Gasteiger partial charge in [-0.2, -0.15) is 5.10 Å². The summed E-state index contributed by atoms with van der Waals surface area (Å²) >= 11 is 0. The Labute approximate surface area is 176 Å². The van der Waals surface area contributed by atoms with E-state index < -0.39 is 0 Å². The summed E-state index contributed by atoms with van der Waals surface area (Å²) in [5.74, 6) is -0.278. The zero-order chi connectivity index (χ0) is 21.1. The standard InChI is InChI=1S/C24H26N4O2/c1-18-8-6-7-9-20(18)17-26-12-14-27(15-13-26)24(30)23-22(29)16-19(2)28(25-23)21-10-4-3-5-11-21/h3-11,16H,12-15,17H2,1-2H3/p+1. The number of hydrogen-bond acceptors (Lipinski definition) is 3. The van der Waals surface area contributed by atoms with Crippen molar-refractivity contribution < 1.29 is 9.69 Å². The Balaban J connectivity index is 1.48. The molecule has 2 aromatic carbocycles. The molecule has 1 aliphatic heterocycles. The molecule has 0 atom stereocenters. The number of aromatic nitrogens is 2. The highest BCUT2D eigenvalue weighted by Gasteiger charge is 2.27. The van der Waals surface area contributed by atoms with Gasteiger partial charge in [-0.15, -0.1) is 0 Å². The third-order valence-corrected chi connectivity index (χ3v) is 5.77. The van der Waals surface area contributed by atoms with Crippen molar-refractivity contribution in [3.63, 3.8) is 0 Å². The molecule has 0 bridgehead atoms. The molecular formula is C24H27N4O2+. The zero-order valence-electron chi connectivity index (χ0n) is 17.5. The van der Waals surface area contributed by atoms with E-state index in [2.05, 4.69) is 36.3 Å². The fraction of sp³-hybridized carbons (Fsp3) is 0.292. The van der Waals surface area contributed by atoms with Gasteiger partial charge in [0, 0.05) is 17.3 Å². The first-order chi connectivity index (χ1) is 14.5. The molecule has 6 heteroatoms. The van der Waals surface area contributed by atoms with E-state index in [9.17, 15) is 9.59 Å². The van der Waals surface area contributed by atoms with E-state index in [1.54, 1.807) is 9.58 Å². The molecule has 1 amide bonds. The number of aryl methyl sites for hydroxylation is 2. The van der Waals surface area contributed by atoms with Gasteiger partial charge >= 0.3 is 0 Å². The van der Waals surface area contributed by atoms with Crippen LogP contribution in [0.1, 0.15) is 27.3 Å². The second-order valence-corrected chi connectivity index (χ2v) is 7.89. The zero-order valence-corrected chi connectivity index (χ0v) is 17.5. The van der Waals surface area contributed by atoms with E-state index in [1.807, 2.05) is 37.3 Å². The second kappa shape index (κ2) is 8.63. The lowest BCUT2D eigenvalue weighted by molar-refractivity contribution is -0.917. The van der Waals surface area contributed by atoms with Crippen LogP contribution in [0.3, 0.4) is 0 Å². The molecular weight excluding hydrogens is 376 g/mol. The van der Waals surface area contributed by atoms with Crippen molar-refractivity contribution >= 4 is 5.91 Å². The first-order valence-corrected chi connectivity index (χ1v) is 10.4. The van der Waals surface area contributed by atoms with Gasteiger partial charge in [-0.25, -0.2) is 4.68 Å². The van der Waals surface area contributed by atoms with Crippen molar-refractivity contribution in [3.8, 4) is 5.69 Å². The first-order valence-electron chi connectivity index (χ1n) is 10.4. The summed E-state index contributed by atoms with van der Waals surface area (Å²) in [5.41, 5.74) is 3.85. The minimum Gasteiger partial charge on any atom is -0.328 e. The molecule has 2 heterocycles. The Morgan fingerprint density at radius 3 is 2.37 bits per heavy atom. The minimum atomic E-state index is -0.320. The Morgan fingerprint density at radius 1 is 1.00 bits per heavy atom. The Hall–Kier alpha value is -3.25. The van der Waals surface area contributed by atoms with Crippen LogP contribution < -0.4 is 10.3 Å². The van der Waals surface area contributed by atoms with E-state index in [1.165, 1.54) is 22.1 Å². The van der Waals surface area contributed by atoms with Crippen LogP contribution in [-0.4, -0.2) is 46.8 Å². The normalized spacial score (nSPS) is 14.7. The summed E-state index contributed by atoms with van der Waals surface area (Å²) in [6, 6.07) is 19.5. The van der Waals surface area contributed by atoms with E-state index in [0.29, 0.717) is 18.8 Å². The topological polar surface area (TPSA) is 59.6 Å². The highest BCUT2D eigenvalue weighted by atomic mass is 16.2. The van der Waals surface area contributed by atoms with Gasteiger partial charge in [0.1, 0.15) is 6.54 Å². The Morgan fingerprint density at radius 2 is 1.67 bits per heavy atom. The Kier molecular flexibility index (Phi) is 5.77. The van der Waals surface area contributed by atoms with Crippen molar-refractivity contribution in [1.82, 2.24) is 14.7 Å². The monoisotopic (exact) mass is 403 g/mol. The number of quaternary nitrogens is 1. The summed E-state index contributed by atoms with van der Waals surface area (Å²) in [6.07, 6.45) is 0. The van der Waals surface area contributed by atoms with Crippen LogP contribution in [0.15, 0.2) is 65.5 Å². The highest BCUT2D eigenvalue weighted by molar-refractivity contribution is 5.92. The van der Waals surface area contributed by atoms with Gasteiger partial charge in [0.25, 0.3) is 5.91 Å². The number of amides is 1. The van der Waals surface area contributed by atoms with Gasteiger partial charge < -0.3 is 9.80 Å². The predicted octanol–water partition coefficient (Wildman–Crippen LogP) is 1.39. The number of hydrogen-bond donors (Lipinski definition) is 1. The molecule has 1 fully saturated rings. The van der Waals surface area contributed by atoms with Gasteiger partial charge in [-0.3, -0.25) is 9.59 Å².